The summed E-state index contributed by atoms with van der Waals surface area (Å²) >= 11 is 6.00. The lowest BCUT2D eigenvalue weighted by atomic mass is 10.1. The molecule has 0 aliphatic heterocycles. The van der Waals surface area contributed by atoms with Crippen LogP contribution in [0.3, 0.4) is 0 Å². The maximum absolute atomic E-state index is 12.3. The van der Waals surface area contributed by atoms with Gasteiger partial charge in [-0.1, -0.05) is 29.8 Å². The van der Waals surface area contributed by atoms with Gasteiger partial charge in [0.05, 0.1) is 11.7 Å². The molecule has 1 unspecified atom stereocenters. The SMILES string of the molecule is Cc1ccc(-n2cnnn2)cc1NC(=O)NC(C)c1cccc(Cl)c1. The molecule has 3 aromatic rings. The first-order valence-corrected chi connectivity index (χ1v) is 8.08. The number of urea groups is 1. The molecule has 25 heavy (non-hydrogen) atoms. The van der Waals surface area contributed by atoms with Crippen molar-refractivity contribution in [1.29, 1.82) is 0 Å². The number of carbonyl (C=O) groups is 1. The molecular formula is C17H17ClN6O. The Balaban J connectivity index is 1.71. The minimum absolute atomic E-state index is 0.179. The molecule has 1 aromatic heterocycles. The molecule has 0 saturated heterocycles. The average Bonchev–Trinajstić information content (AvgIpc) is 3.11. The van der Waals surface area contributed by atoms with Crippen LogP contribution in [-0.2, 0) is 0 Å². The predicted molar refractivity (Wildman–Crippen MR) is 95.9 cm³/mol. The van der Waals surface area contributed by atoms with Crippen molar-refractivity contribution in [3.05, 3.63) is 64.9 Å². The molecule has 2 amide bonds. The average molecular weight is 357 g/mol. The smallest absolute Gasteiger partial charge is 0.319 e. The van der Waals surface area contributed by atoms with Crippen LogP contribution < -0.4 is 10.6 Å². The third-order valence-electron chi connectivity index (χ3n) is 3.78. The van der Waals surface area contributed by atoms with Gasteiger partial charge in [-0.15, -0.1) is 5.10 Å². The Kier molecular flexibility index (Phi) is 4.95. The number of benzene rings is 2. The molecule has 0 aliphatic rings. The van der Waals surface area contributed by atoms with Gasteiger partial charge in [0.1, 0.15) is 6.33 Å². The number of hydrogen-bond acceptors (Lipinski definition) is 4. The van der Waals surface area contributed by atoms with Gasteiger partial charge < -0.3 is 10.6 Å². The van der Waals surface area contributed by atoms with E-state index in [0.29, 0.717) is 10.7 Å². The lowest BCUT2D eigenvalue weighted by Crippen LogP contribution is -2.31. The van der Waals surface area contributed by atoms with Crippen LogP contribution in [0.4, 0.5) is 10.5 Å². The number of rotatable bonds is 4. The third kappa shape index (κ3) is 4.13. The van der Waals surface area contributed by atoms with Gasteiger partial charge in [0, 0.05) is 10.7 Å². The lowest BCUT2D eigenvalue weighted by Gasteiger charge is -2.16. The zero-order valence-corrected chi connectivity index (χ0v) is 14.5. The summed E-state index contributed by atoms with van der Waals surface area (Å²) in [5.41, 5.74) is 3.31. The number of carbonyl (C=O) groups excluding carboxylic acids is 1. The Hall–Kier alpha value is -2.93. The first-order valence-electron chi connectivity index (χ1n) is 7.70. The van der Waals surface area contributed by atoms with Crippen molar-refractivity contribution in [2.45, 2.75) is 19.9 Å². The number of aryl methyl sites for hydroxylation is 1. The lowest BCUT2D eigenvalue weighted by molar-refractivity contribution is 0.249. The Morgan fingerprint density at radius 2 is 2.08 bits per heavy atom. The van der Waals surface area contributed by atoms with E-state index in [1.807, 2.05) is 50.2 Å². The summed E-state index contributed by atoms with van der Waals surface area (Å²) in [6.45, 7) is 3.81. The highest BCUT2D eigenvalue weighted by Gasteiger charge is 2.12. The van der Waals surface area contributed by atoms with Gasteiger partial charge in [-0.3, -0.25) is 0 Å². The summed E-state index contributed by atoms with van der Waals surface area (Å²) in [4.78, 5) is 12.3. The third-order valence-corrected chi connectivity index (χ3v) is 4.01. The van der Waals surface area contributed by atoms with Crippen LogP contribution in [0.5, 0.6) is 0 Å². The summed E-state index contributed by atoms with van der Waals surface area (Å²) in [5.74, 6) is 0. The van der Waals surface area contributed by atoms with E-state index in [2.05, 4.69) is 26.2 Å². The van der Waals surface area contributed by atoms with E-state index in [9.17, 15) is 4.79 Å². The maximum atomic E-state index is 12.3. The van der Waals surface area contributed by atoms with Gasteiger partial charge >= 0.3 is 6.03 Å². The number of tetrazole rings is 1. The molecule has 1 atom stereocenters. The molecule has 3 rings (SSSR count). The number of nitrogens with one attached hydrogen (secondary N) is 2. The molecule has 128 valence electrons. The topological polar surface area (TPSA) is 84.7 Å². The van der Waals surface area contributed by atoms with E-state index < -0.39 is 0 Å². The van der Waals surface area contributed by atoms with Gasteiger partial charge in [-0.25, -0.2) is 9.48 Å². The standard InChI is InChI=1S/C17H17ClN6O/c1-11-6-7-15(24-10-19-22-23-24)9-16(11)21-17(25)20-12(2)13-4-3-5-14(18)8-13/h3-10,12H,1-2H3,(H2,20,21,25). The monoisotopic (exact) mass is 356 g/mol. The van der Waals surface area contributed by atoms with Crippen molar-refractivity contribution in [2.75, 3.05) is 5.32 Å². The second-order valence-corrected chi connectivity index (χ2v) is 6.07. The zero-order valence-electron chi connectivity index (χ0n) is 13.8. The fourth-order valence-electron chi connectivity index (χ4n) is 2.38. The number of aromatic nitrogens is 4. The van der Waals surface area contributed by atoms with Gasteiger partial charge in [0.25, 0.3) is 0 Å². The number of anilines is 1. The Morgan fingerprint density at radius 1 is 1.24 bits per heavy atom. The van der Waals surface area contributed by atoms with Crippen molar-refractivity contribution in [2.24, 2.45) is 0 Å². The molecule has 0 bridgehead atoms. The molecule has 2 N–H and O–H groups in total. The van der Waals surface area contributed by atoms with E-state index >= 15 is 0 Å². The van der Waals surface area contributed by atoms with Crippen LogP contribution in [0.1, 0.15) is 24.1 Å². The first-order chi connectivity index (χ1) is 12.0. The van der Waals surface area contributed by atoms with E-state index in [0.717, 1.165) is 16.8 Å². The number of hydrogen-bond donors (Lipinski definition) is 2. The molecule has 0 saturated carbocycles. The van der Waals surface area contributed by atoms with Crippen LogP contribution in [0.25, 0.3) is 5.69 Å². The van der Waals surface area contributed by atoms with Crippen LogP contribution in [0.2, 0.25) is 5.02 Å². The molecule has 2 aromatic carbocycles. The number of amides is 2. The van der Waals surface area contributed by atoms with Gasteiger partial charge in [-0.05, 0) is 59.7 Å². The molecule has 8 heteroatoms. The number of halogens is 1. The Labute approximate surface area is 150 Å². The predicted octanol–water partition coefficient (Wildman–Crippen LogP) is 3.51. The summed E-state index contributed by atoms with van der Waals surface area (Å²) in [6, 6.07) is 12.5. The molecule has 0 fully saturated rings. The second-order valence-electron chi connectivity index (χ2n) is 5.63. The molecule has 1 heterocycles. The molecule has 0 aliphatic carbocycles. The fourth-order valence-corrected chi connectivity index (χ4v) is 2.58. The van der Waals surface area contributed by atoms with E-state index in [1.54, 1.807) is 6.07 Å². The molecule has 0 radical (unpaired) electrons. The van der Waals surface area contributed by atoms with Crippen molar-refractivity contribution in [3.63, 3.8) is 0 Å². The zero-order chi connectivity index (χ0) is 17.8. The van der Waals surface area contributed by atoms with Crippen LogP contribution in [0, 0.1) is 6.92 Å². The Morgan fingerprint density at radius 3 is 2.80 bits per heavy atom. The minimum Gasteiger partial charge on any atom is -0.331 e. The van der Waals surface area contributed by atoms with E-state index in [4.69, 9.17) is 11.6 Å². The largest absolute Gasteiger partial charge is 0.331 e. The molecule has 7 nitrogen and oxygen atoms in total. The van der Waals surface area contributed by atoms with Crippen molar-refractivity contribution in [3.8, 4) is 5.69 Å². The fraction of sp³-hybridized carbons (Fsp3) is 0.176. The highest BCUT2D eigenvalue weighted by Crippen LogP contribution is 2.20. The Bertz CT molecular complexity index is 881. The van der Waals surface area contributed by atoms with Gasteiger partial charge in [0.2, 0.25) is 0 Å². The minimum atomic E-state index is -0.301. The summed E-state index contributed by atoms with van der Waals surface area (Å²) in [5, 5.41) is 17.5. The number of nitrogens with zero attached hydrogens (tertiary/aromatic N) is 4. The van der Waals surface area contributed by atoms with Gasteiger partial charge in [-0.2, -0.15) is 0 Å². The molecule has 0 spiro atoms. The van der Waals surface area contributed by atoms with Crippen LogP contribution in [-0.4, -0.2) is 26.2 Å². The van der Waals surface area contributed by atoms with Crippen molar-refractivity contribution in [1.82, 2.24) is 25.5 Å². The van der Waals surface area contributed by atoms with Crippen molar-refractivity contribution >= 4 is 23.3 Å². The summed E-state index contributed by atoms with van der Waals surface area (Å²) < 4.78 is 1.52. The highest BCUT2D eigenvalue weighted by atomic mass is 35.5. The summed E-state index contributed by atoms with van der Waals surface area (Å²) in [6.07, 6.45) is 1.50. The first kappa shape index (κ1) is 16.9. The quantitative estimate of drug-likeness (QED) is 0.749. The molecular weight excluding hydrogens is 340 g/mol. The summed E-state index contributed by atoms with van der Waals surface area (Å²) in [7, 11) is 0. The van der Waals surface area contributed by atoms with Crippen molar-refractivity contribution < 1.29 is 4.79 Å². The highest BCUT2D eigenvalue weighted by molar-refractivity contribution is 6.30. The maximum Gasteiger partial charge on any atom is 0.319 e. The second kappa shape index (κ2) is 7.31. The van der Waals surface area contributed by atoms with Crippen LogP contribution >= 0.6 is 11.6 Å². The van der Waals surface area contributed by atoms with Gasteiger partial charge in [0.15, 0.2) is 0 Å². The van der Waals surface area contributed by atoms with E-state index in [-0.39, 0.29) is 12.1 Å². The van der Waals surface area contributed by atoms with Crippen LogP contribution in [0.15, 0.2) is 48.8 Å². The van der Waals surface area contributed by atoms with E-state index in [1.165, 1.54) is 11.0 Å². The normalized spacial score (nSPS) is 11.8.